The van der Waals surface area contributed by atoms with Crippen LogP contribution in [0.2, 0.25) is 0 Å². The first-order chi connectivity index (χ1) is 11.9. The molecule has 4 aromatic heterocycles. The summed E-state index contributed by atoms with van der Waals surface area (Å²) in [6.07, 6.45) is 0. The van der Waals surface area contributed by atoms with Gasteiger partial charge in [0.25, 0.3) is 0 Å². The molecule has 0 saturated heterocycles. The average Bonchev–Trinajstić information content (AvgIpc) is 3.40. The van der Waals surface area contributed by atoms with E-state index in [1.54, 1.807) is 0 Å². The molecular weight excluding hydrogens is 556 g/mol. The Hall–Kier alpha value is -0.882. The van der Waals surface area contributed by atoms with Gasteiger partial charge in [-0.2, -0.15) is 0 Å². The van der Waals surface area contributed by atoms with Gasteiger partial charge in [0.1, 0.15) is 0 Å². The Morgan fingerprint density at radius 3 is 1.46 bits per heavy atom. The Balaban J connectivity index is 1.47. The molecule has 4 heteroatoms. The summed E-state index contributed by atoms with van der Waals surface area (Å²) in [5, 5.41) is 0. The van der Waals surface area contributed by atoms with E-state index in [4.69, 9.17) is 0 Å². The summed E-state index contributed by atoms with van der Waals surface area (Å²) in [4.78, 5) is 4.54. The van der Waals surface area contributed by atoms with E-state index in [1.807, 2.05) is 0 Å². The zero-order chi connectivity index (χ0) is 16.2. The molecule has 0 aromatic carbocycles. The molecule has 0 unspecified atom stereocenters. The first-order valence-electron chi connectivity index (χ1n) is 7.18. The Bertz CT molecular complexity index is 964. The van der Waals surface area contributed by atoms with Crippen molar-refractivity contribution in [2.45, 2.75) is 0 Å². The van der Waals surface area contributed by atoms with Crippen molar-refractivity contribution < 1.29 is 0 Å². The van der Waals surface area contributed by atoms with Gasteiger partial charge in [0.15, 0.2) is 0 Å². The van der Waals surface area contributed by atoms with Gasteiger partial charge >= 0.3 is 167 Å². The summed E-state index contributed by atoms with van der Waals surface area (Å²) in [7, 11) is 0. The molecule has 0 atom stereocenters. The van der Waals surface area contributed by atoms with Gasteiger partial charge in [-0.1, -0.05) is 0 Å². The van der Waals surface area contributed by atoms with Crippen molar-refractivity contribution in [2.24, 2.45) is 0 Å². The van der Waals surface area contributed by atoms with Crippen LogP contribution >= 0.6 is 0 Å². The van der Waals surface area contributed by atoms with Gasteiger partial charge in [-0.3, -0.25) is 0 Å². The monoisotopic (exact) mass is 570 g/mol. The topological polar surface area (TPSA) is 0 Å². The van der Waals surface area contributed by atoms with E-state index >= 15 is 0 Å². The SMILES string of the molecule is C(C#Cc1ccc(-c2ccc[se]2)[se]1)#Cc1ccc(-c2ccc[se]2)[se]1. The third-order valence-electron chi connectivity index (χ3n) is 3.17. The molecule has 0 fully saturated rings. The van der Waals surface area contributed by atoms with Crippen LogP contribution in [0.5, 0.6) is 0 Å². The Morgan fingerprint density at radius 1 is 0.542 bits per heavy atom. The van der Waals surface area contributed by atoms with Crippen LogP contribution in [0.1, 0.15) is 8.87 Å². The summed E-state index contributed by atoms with van der Waals surface area (Å²) >= 11 is 1.78. The Kier molecular flexibility index (Phi) is 5.53. The van der Waals surface area contributed by atoms with Crippen molar-refractivity contribution in [2.75, 3.05) is 0 Å². The van der Waals surface area contributed by atoms with Crippen LogP contribution in [-0.2, 0) is 0 Å². The fourth-order valence-electron chi connectivity index (χ4n) is 2.10. The molecular formula is C20H10Se4. The van der Waals surface area contributed by atoms with Gasteiger partial charge in [0.2, 0.25) is 0 Å². The molecule has 24 heavy (non-hydrogen) atoms. The fraction of sp³-hybridized carbons (Fsp3) is 0. The second-order valence-corrected chi connectivity index (χ2v) is 13.3. The standard InChI is InChI=1S/C20H10Se4/c1(5-15-9-11-19(23-15)17-7-3-13-21-17)2-6-16-10-12-20(24-16)18-8-4-14-22-18/h3-4,7-14H. The van der Waals surface area contributed by atoms with Gasteiger partial charge in [0, 0.05) is 0 Å². The van der Waals surface area contributed by atoms with Gasteiger partial charge < -0.3 is 0 Å². The van der Waals surface area contributed by atoms with Crippen molar-refractivity contribution in [3.05, 3.63) is 67.3 Å². The zero-order valence-electron chi connectivity index (χ0n) is 12.4. The normalized spacial score (nSPS) is 9.83. The molecule has 4 aromatic rings. The maximum absolute atomic E-state index is 3.24. The van der Waals surface area contributed by atoms with Crippen LogP contribution in [-0.4, -0.2) is 58.0 Å². The van der Waals surface area contributed by atoms with Gasteiger partial charge in [0.05, 0.1) is 0 Å². The van der Waals surface area contributed by atoms with E-state index in [9.17, 15) is 0 Å². The van der Waals surface area contributed by atoms with E-state index in [0.29, 0.717) is 58.0 Å². The van der Waals surface area contributed by atoms with Crippen molar-refractivity contribution in [3.8, 4) is 41.4 Å². The summed E-state index contributed by atoms with van der Waals surface area (Å²) in [6, 6.07) is 17.6. The molecule has 114 valence electrons. The molecule has 0 spiro atoms. The van der Waals surface area contributed by atoms with Crippen LogP contribution in [0.3, 0.4) is 0 Å². The number of rotatable bonds is 2. The van der Waals surface area contributed by atoms with Crippen molar-refractivity contribution in [1.82, 2.24) is 0 Å². The Labute approximate surface area is 165 Å². The Morgan fingerprint density at radius 2 is 1.04 bits per heavy atom. The van der Waals surface area contributed by atoms with Crippen LogP contribution in [0, 0.1) is 23.7 Å². The van der Waals surface area contributed by atoms with Crippen LogP contribution in [0.25, 0.3) is 17.7 Å². The summed E-state index contributed by atoms with van der Waals surface area (Å²) in [6.45, 7) is 0. The molecule has 0 N–H and O–H groups in total. The van der Waals surface area contributed by atoms with Crippen LogP contribution < -0.4 is 0 Å². The van der Waals surface area contributed by atoms with Gasteiger partial charge in [-0.25, -0.2) is 0 Å². The molecule has 0 amide bonds. The average molecular weight is 566 g/mol. The van der Waals surface area contributed by atoms with Gasteiger partial charge in [-0.15, -0.1) is 0 Å². The molecule has 0 saturated carbocycles. The summed E-state index contributed by atoms with van der Waals surface area (Å²) in [5.74, 6) is 12.6. The molecule has 4 rings (SSSR count). The molecule has 0 aliphatic heterocycles. The third kappa shape index (κ3) is 4.02. The summed E-state index contributed by atoms with van der Waals surface area (Å²) < 4.78 is 8.48. The molecule has 0 aliphatic rings. The van der Waals surface area contributed by atoms with Gasteiger partial charge in [-0.05, 0) is 0 Å². The first kappa shape index (κ1) is 16.6. The zero-order valence-corrected chi connectivity index (χ0v) is 19.3. The predicted octanol–water partition coefficient (Wildman–Crippen LogP) is 2.65. The summed E-state index contributed by atoms with van der Waals surface area (Å²) in [5.41, 5.74) is 0. The van der Waals surface area contributed by atoms with Crippen LogP contribution in [0.15, 0.2) is 58.4 Å². The quantitative estimate of drug-likeness (QED) is 0.259. The molecule has 0 bridgehead atoms. The maximum atomic E-state index is 3.24. The van der Waals surface area contributed by atoms with E-state index in [0.717, 1.165) is 0 Å². The number of hydrogen-bond donors (Lipinski definition) is 0. The fourth-order valence-corrected chi connectivity index (χ4v) is 10.0. The van der Waals surface area contributed by atoms with E-state index < -0.39 is 0 Å². The molecule has 0 nitrogen and oxygen atoms in total. The minimum atomic E-state index is 0.365. The third-order valence-corrected chi connectivity index (χ3v) is 12.6. The number of hydrogen-bond acceptors (Lipinski definition) is 0. The van der Waals surface area contributed by atoms with Crippen molar-refractivity contribution >= 4 is 58.0 Å². The second kappa shape index (κ2) is 8.00. The van der Waals surface area contributed by atoms with E-state index in [2.05, 4.69) is 82.1 Å². The molecule has 0 aliphatic carbocycles. The van der Waals surface area contributed by atoms with E-state index in [1.165, 1.54) is 26.6 Å². The first-order valence-corrected chi connectivity index (χ1v) is 14.3. The predicted molar refractivity (Wildman–Crippen MR) is 105 cm³/mol. The van der Waals surface area contributed by atoms with E-state index in [-0.39, 0.29) is 0 Å². The minimum absolute atomic E-state index is 0.365. The molecule has 0 radical (unpaired) electrons. The molecule has 4 heterocycles. The second-order valence-electron chi connectivity index (χ2n) is 4.78. The van der Waals surface area contributed by atoms with Crippen molar-refractivity contribution in [3.63, 3.8) is 0 Å². The van der Waals surface area contributed by atoms with Crippen LogP contribution in [0.4, 0.5) is 0 Å². The van der Waals surface area contributed by atoms with Crippen molar-refractivity contribution in [1.29, 1.82) is 0 Å².